The van der Waals surface area contributed by atoms with E-state index in [2.05, 4.69) is 5.32 Å². The Bertz CT molecular complexity index is 660. The lowest BCUT2D eigenvalue weighted by Crippen LogP contribution is -2.56. The van der Waals surface area contributed by atoms with Crippen LogP contribution in [0.25, 0.3) is 0 Å². The molecule has 3 rings (SSSR count). The molecule has 0 aromatic carbocycles. The fourth-order valence-corrected chi connectivity index (χ4v) is 4.83. The van der Waals surface area contributed by atoms with Crippen molar-refractivity contribution in [1.29, 1.82) is 0 Å². The van der Waals surface area contributed by atoms with E-state index in [1.165, 1.54) is 16.2 Å². The summed E-state index contributed by atoms with van der Waals surface area (Å²) in [5, 5.41) is 5.25. The van der Waals surface area contributed by atoms with Gasteiger partial charge in [-0.25, -0.2) is 0 Å². The molecular formula is C17H22N2O4S. The number of amides is 2. The molecule has 130 valence electrons. The first kappa shape index (κ1) is 17.1. The number of likely N-dealkylation sites (tertiary alicyclic amines) is 1. The molecule has 2 aliphatic heterocycles. The number of nitrogens with one attached hydrogen (secondary N) is 1. The first-order valence-corrected chi connectivity index (χ1v) is 9.23. The van der Waals surface area contributed by atoms with Crippen LogP contribution in [0, 0.1) is 11.8 Å². The molecular weight excluding hydrogens is 328 g/mol. The van der Waals surface area contributed by atoms with E-state index in [0.29, 0.717) is 13.0 Å². The van der Waals surface area contributed by atoms with E-state index >= 15 is 0 Å². The molecule has 0 saturated carbocycles. The number of esters is 1. The van der Waals surface area contributed by atoms with Gasteiger partial charge in [0.2, 0.25) is 11.8 Å². The van der Waals surface area contributed by atoms with Crippen molar-refractivity contribution in [3.8, 4) is 0 Å². The van der Waals surface area contributed by atoms with Crippen molar-refractivity contribution in [2.45, 2.75) is 38.8 Å². The third kappa shape index (κ3) is 2.22. The SMILES string of the molecule is CCOC(=O)[C@@]1(CC)N[C@@H](c2cccs2)[C@H]2C(=O)N(CC)C(=O)[C@H]21. The van der Waals surface area contributed by atoms with Crippen LogP contribution in [0.3, 0.4) is 0 Å². The minimum absolute atomic E-state index is 0.196. The molecule has 6 nitrogen and oxygen atoms in total. The highest BCUT2D eigenvalue weighted by molar-refractivity contribution is 7.10. The number of hydrogen-bond donors (Lipinski definition) is 1. The topological polar surface area (TPSA) is 75.7 Å². The van der Waals surface area contributed by atoms with Crippen molar-refractivity contribution >= 4 is 29.1 Å². The zero-order chi connectivity index (χ0) is 17.5. The van der Waals surface area contributed by atoms with Gasteiger partial charge in [-0.15, -0.1) is 11.3 Å². The smallest absolute Gasteiger partial charge is 0.327 e. The van der Waals surface area contributed by atoms with Gasteiger partial charge in [0.1, 0.15) is 5.54 Å². The number of imide groups is 1. The molecule has 1 N–H and O–H groups in total. The number of hydrogen-bond acceptors (Lipinski definition) is 6. The Morgan fingerprint density at radius 3 is 2.62 bits per heavy atom. The summed E-state index contributed by atoms with van der Waals surface area (Å²) >= 11 is 1.52. The van der Waals surface area contributed by atoms with Gasteiger partial charge in [-0.1, -0.05) is 13.0 Å². The maximum absolute atomic E-state index is 12.9. The molecule has 24 heavy (non-hydrogen) atoms. The van der Waals surface area contributed by atoms with Crippen molar-refractivity contribution in [2.75, 3.05) is 13.2 Å². The first-order chi connectivity index (χ1) is 11.5. The van der Waals surface area contributed by atoms with Gasteiger partial charge in [0.15, 0.2) is 0 Å². The van der Waals surface area contributed by atoms with Gasteiger partial charge in [-0.3, -0.25) is 24.6 Å². The molecule has 1 aromatic heterocycles. The van der Waals surface area contributed by atoms with E-state index in [-0.39, 0.29) is 24.5 Å². The second-order valence-corrected chi connectivity index (χ2v) is 7.09. The minimum atomic E-state index is -1.15. The second-order valence-electron chi connectivity index (χ2n) is 6.11. The van der Waals surface area contributed by atoms with Crippen LogP contribution in [0.2, 0.25) is 0 Å². The van der Waals surface area contributed by atoms with E-state index in [9.17, 15) is 14.4 Å². The van der Waals surface area contributed by atoms with Crippen LogP contribution in [0.1, 0.15) is 38.1 Å². The van der Waals surface area contributed by atoms with E-state index in [4.69, 9.17) is 4.74 Å². The number of nitrogens with zero attached hydrogens (tertiary/aromatic N) is 1. The Balaban J connectivity index is 2.10. The Kier molecular flexibility index (Phi) is 4.48. The van der Waals surface area contributed by atoms with E-state index in [1.807, 2.05) is 24.4 Å². The van der Waals surface area contributed by atoms with Gasteiger partial charge in [0.05, 0.1) is 24.5 Å². The van der Waals surface area contributed by atoms with Crippen LogP contribution in [-0.2, 0) is 19.1 Å². The maximum Gasteiger partial charge on any atom is 0.327 e. The third-order valence-corrected chi connectivity index (χ3v) is 6.06. The number of thiophene rings is 1. The van der Waals surface area contributed by atoms with Crippen molar-refractivity contribution in [3.05, 3.63) is 22.4 Å². The normalized spacial score (nSPS) is 32.3. The number of ether oxygens (including phenoxy) is 1. The van der Waals surface area contributed by atoms with Crippen LogP contribution in [-0.4, -0.2) is 41.4 Å². The summed E-state index contributed by atoms with van der Waals surface area (Å²) in [4.78, 5) is 40.7. The highest BCUT2D eigenvalue weighted by Gasteiger charge is 2.68. The molecule has 0 bridgehead atoms. The number of carbonyl (C=O) groups is 3. The summed E-state index contributed by atoms with van der Waals surface area (Å²) in [5.41, 5.74) is -1.15. The average molecular weight is 350 g/mol. The monoisotopic (exact) mass is 350 g/mol. The zero-order valence-corrected chi connectivity index (χ0v) is 14.9. The lowest BCUT2D eigenvalue weighted by Gasteiger charge is -2.31. The van der Waals surface area contributed by atoms with Crippen molar-refractivity contribution < 1.29 is 19.1 Å². The molecule has 3 heterocycles. The van der Waals surface area contributed by atoms with Crippen LogP contribution in [0.5, 0.6) is 0 Å². The van der Waals surface area contributed by atoms with Gasteiger partial charge >= 0.3 is 5.97 Å². The van der Waals surface area contributed by atoms with Gasteiger partial charge in [-0.05, 0) is 31.7 Å². The van der Waals surface area contributed by atoms with Crippen LogP contribution in [0.15, 0.2) is 17.5 Å². The summed E-state index contributed by atoms with van der Waals surface area (Å²) in [7, 11) is 0. The van der Waals surface area contributed by atoms with Crippen LogP contribution in [0.4, 0.5) is 0 Å². The second kappa shape index (κ2) is 6.29. The summed E-state index contributed by atoms with van der Waals surface area (Å²) in [6.07, 6.45) is 0.394. The molecule has 4 atom stereocenters. The minimum Gasteiger partial charge on any atom is -0.465 e. The summed E-state index contributed by atoms with van der Waals surface area (Å²) in [6, 6.07) is 3.50. The zero-order valence-electron chi connectivity index (χ0n) is 14.1. The molecule has 0 unspecified atom stereocenters. The Morgan fingerprint density at radius 1 is 1.33 bits per heavy atom. The molecule has 7 heteroatoms. The lowest BCUT2D eigenvalue weighted by atomic mass is 9.78. The van der Waals surface area contributed by atoms with Crippen molar-refractivity contribution in [1.82, 2.24) is 10.2 Å². The summed E-state index contributed by atoms with van der Waals surface area (Å²) < 4.78 is 5.27. The van der Waals surface area contributed by atoms with E-state index in [0.717, 1.165) is 4.88 Å². The average Bonchev–Trinajstić information content (AvgIpc) is 3.25. The number of rotatable bonds is 5. The molecule has 2 amide bonds. The Labute approximate surface area is 145 Å². The van der Waals surface area contributed by atoms with Crippen molar-refractivity contribution in [3.63, 3.8) is 0 Å². The standard InChI is InChI=1S/C17H22N2O4S/c1-4-17(16(22)23-6-3)12-11(14(20)19(5-2)15(12)21)13(18-17)10-8-7-9-24-10/h7-9,11-13,18H,4-6H2,1-3H3/t11-,12-,13-,17-/m0/s1. The van der Waals surface area contributed by atoms with Gasteiger partial charge in [0, 0.05) is 11.4 Å². The van der Waals surface area contributed by atoms with Gasteiger partial charge < -0.3 is 4.74 Å². The Morgan fingerprint density at radius 2 is 2.08 bits per heavy atom. The first-order valence-electron chi connectivity index (χ1n) is 8.35. The van der Waals surface area contributed by atoms with E-state index in [1.54, 1.807) is 13.8 Å². The summed E-state index contributed by atoms with van der Waals surface area (Å²) in [6.45, 7) is 5.93. The Hall–Kier alpha value is -1.73. The molecule has 0 radical (unpaired) electrons. The molecule has 0 aliphatic carbocycles. The number of fused-ring (bicyclic) bond motifs is 1. The lowest BCUT2D eigenvalue weighted by molar-refractivity contribution is -0.156. The highest BCUT2D eigenvalue weighted by atomic mass is 32.1. The highest BCUT2D eigenvalue weighted by Crippen LogP contribution is 2.50. The predicted octanol–water partition coefficient (Wildman–Crippen LogP) is 1.73. The fourth-order valence-electron chi connectivity index (χ4n) is 4.00. The summed E-state index contributed by atoms with van der Waals surface area (Å²) in [5.74, 6) is -2.17. The van der Waals surface area contributed by atoms with Crippen LogP contribution >= 0.6 is 11.3 Å². The quantitative estimate of drug-likeness (QED) is 0.646. The van der Waals surface area contributed by atoms with Crippen molar-refractivity contribution in [2.24, 2.45) is 11.8 Å². The molecule has 2 aliphatic rings. The maximum atomic E-state index is 12.9. The van der Waals surface area contributed by atoms with E-state index < -0.39 is 23.3 Å². The molecule has 0 spiro atoms. The van der Waals surface area contributed by atoms with Gasteiger partial charge in [-0.2, -0.15) is 0 Å². The molecule has 2 saturated heterocycles. The predicted molar refractivity (Wildman–Crippen MR) is 89.2 cm³/mol. The third-order valence-electron chi connectivity index (χ3n) is 5.11. The number of carbonyl (C=O) groups excluding carboxylic acids is 3. The fraction of sp³-hybridized carbons (Fsp3) is 0.588. The molecule has 2 fully saturated rings. The molecule has 1 aromatic rings. The largest absolute Gasteiger partial charge is 0.465 e. The van der Waals surface area contributed by atoms with Gasteiger partial charge in [0.25, 0.3) is 0 Å². The van der Waals surface area contributed by atoms with Crippen LogP contribution < -0.4 is 5.32 Å².